The van der Waals surface area contributed by atoms with Gasteiger partial charge in [0.1, 0.15) is 0 Å². The summed E-state index contributed by atoms with van der Waals surface area (Å²) in [7, 11) is 0. The maximum absolute atomic E-state index is 11.7. The fourth-order valence-electron chi connectivity index (χ4n) is 5.40. The van der Waals surface area contributed by atoms with Crippen molar-refractivity contribution in [2.75, 3.05) is 6.54 Å². The minimum Gasteiger partial charge on any atom is -0.373 e. The third-order valence-corrected chi connectivity index (χ3v) is 8.22. The molecule has 34 heavy (non-hydrogen) atoms. The zero-order valence-corrected chi connectivity index (χ0v) is 22.0. The zero-order valence-electron chi connectivity index (χ0n) is 21.2. The van der Waals surface area contributed by atoms with Gasteiger partial charge in [0, 0.05) is 18.5 Å². The first kappa shape index (κ1) is 26.5. The van der Waals surface area contributed by atoms with Gasteiger partial charge in [-0.3, -0.25) is 4.79 Å². The number of nitrogens with zero attached hydrogens (tertiary/aromatic N) is 1. The van der Waals surface area contributed by atoms with Crippen LogP contribution in [0.1, 0.15) is 89.5 Å². The van der Waals surface area contributed by atoms with Gasteiger partial charge in [-0.2, -0.15) is 0 Å². The number of hydrogen-bond donors (Lipinski definition) is 2. The SMILES string of the molecule is C=C(NC(=C)N(C1CCCCC1)C1CCC(c2ccccc2)CC1)S/C(=C\C)NCC(=O)CC. The van der Waals surface area contributed by atoms with Crippen molar-refractivity contribution in [2.45, 2.75) is 96.1 Å². The predicted octanol–water partition coefficient (Wildman–Crippen LogP) is 7.04. The summed E-state index contributed by atoms with van der Waals surface area (Å²) < 4.78 is 0. The molecule has 0 aliphatic heterocycles. The van der Waals surface area contributed by atoms with Gasteiger partial charge in [0.25, 0.3) is 0 Å². The number of benzene rings is 1. The molecule has 0 bridgehead atoms. The molecule has 0 heterocycles. The zero-order chi connectivity index (χ0) is 24.3. The van der Waals surface area contributed by atoms with Crippen LogP contribution in [-0.2, 0) is 4.79 Å². The quantitative estimate of drug-likeness (QED) is 0.335. The standard InChI is InChI=1S/C29H43N3OS/c1-5-28(33)21-30-29(6-2)34-23(4)31-22(3)32(26-15-11-8-12-16-26)27-19-17-25(18-20-27)24-13-9-7-10-14-24/h6-7,9-10,13-14,25-27,30-31H,3-5,8,11-12,15-21H2,1-2H3/b29-6-. The molecule has 186 valence electrons. The van der Waals surface area contributed by atoms with Crippen LogP contribution < -0.4 is 10.6 Å². The lowest BCUT2D eigenvalue weighted by Gasteiger charge is -2.45. The van der Waals surface area contributed by atoms with Crippen molar-refractivity contribution in [1.29, 1.82) is 0 Å². The maximum atomic E-state index is 11.7. The van der Waals surface area contributed by atoms with Gasteiger partial charge in [-0.05, 0) is 56.9 Å². The first-order chi connectivity index (χ1) is 16.5. The van der Waals surface area contributed by atoms with Gasteiger partial charge >= 0.3 is 0 Å². The summed E-state index contributed by atoms with van der Waals surface area (Å²) in [4.78, 5) is 14.3. The first-order valence-electron chi connectivity index (χ1n) is 13.1. The highest BCUT2D eigenvalue weighted by molar-refractivity contribution is 8.06. The van der Waals surface area contributed by atoms with Crippen LogP contribution in [0.15, 0.2) is 65.4 Å². The Morgan fingerprint density at radius 1 is 1.03 bits per heavy atom. The fourth-order valence-corrected chi connectivity index (χ4v) is 6.10. The van der Waals surface area contributed by atoms with Crippen LogP contribution in [0.5, 0.6) is 0 Å². The van der Waals surface area contributed by atoms with E-state index >= 15 is 0 Å². The Labute approximate surface area is 211 Å². The van der Waals surface area contributed by atoms with Crippen molar-refractivity contribution in [3.05, 3.63) is 71.0 Å². The second-order valence-corrected chi connectivity index (χ2v) is 10.7. The summed E-state index contributed by atoms with van der Waals surface area (Å²) in [6.07, 6.45) is 13.9. The fraction of sp³-hybridized carbons (Fsp3) is 0.552. The Bertz CT molecular complexity index is 836. The smallest absolute Gasteiger partial charge is 0.151 e. The van der Waals surface area contributed by atoms with E-state index in [-0.39, 0.29) is 5.78 Å². The lowest BCUT2D eigenvalue weighted by Crippen LogP contribution is -2.47. The van der Waals surface area contributed by atoms with Crippen molar-refractivity contribution in [1.82, 2.24) is 15.5 Å². The Morgan fingerprint density at radius 2 is 1.68 bits per heavy atom. The highest BCUT2D eigenvalue weighted by atomic mass is 32.2. The van der Waals surface area contributed by atoms with E-state index < -0.39 is 0 Å². The Morgan fingerprint density at radius 3 is 2.29 bits per heavy atom. The average molecular weight is 482 g/mol. The molecule has 0 aromatic heterocycles. The monoisotopic (exact) mass is 481 g/mol. The average Bonchev–Trinajstić information content (AvgIpc) is 2.88. The molecule has 0 unspecified atom stereocenters. The number of thioether (sulfide) groups is 1. The molecule has 0 atom stereocenters. The van der Waals surface area contributed by atoms with Gasteiger partial charge in [0.05, 0.1) is 22.4 Å². The molecule has 2 saturated carbocycles. The number of hydrogen-bond acceptors (Lipinski definition) is 5. The predicted molar refractivity (Wildman–Crippen MR) is 146 cm³/mol. The van der Waals surface area contributed by atoms with Gasteiger partial charge in [-0.25, -0.2) is 0 Å². The normalized spacial score (nSPS) is 21.5. The summed E-state index contributed by atoms with van der Waals surface area (Å²) in [5.41, 5.74) is 1.49. The number of nitrogens with one attached hydrogen (secondary N) is 2. The summed E-state index contributed by atoms with van der Waals surface area (Å²) in [5.74, 6) is 1.86. The number of Topliss-reactive ketones (excluding diaryl/α,β-unsaturated/α-hetero) is 1. The first-order valence-corrected chi connectivity index (χ1v) is 13.9. The molecule has 0 amide bonds. The molecule has 5 heteroatoms. The molecule has 1 aromatic carbocycles. The largest absolute Gasteiger partial charge is 0.373 e. The second kappa shape index (κ2) is 13.7. The minimum atomic E-state index is 0.206. The number of carbonyl (C=O) groups excluding carboxylic acids is 1. The number of allylic oxidation sites excluding steroid dienone is 1. The van der Waals surface area contributed by atoms with Crippen LogP contribution in [0.25, 0.3) is 0 Å². The van der Waals surface area contributed by atoms with Crippen LogP contribution >= 0.6 is 11.8 Å². The van der Waals surface area contributed by atoms with Gasteiger partial charge in [-0.1, -0.05) is 87.5 Å². The summed E-state index contributed by atoms with van der Waals surface area (Å²) >= 11 is 1.54. The van der Waals surface area contributed by atoms with Crippen LogP contribution in [-0.4, -0.2) is 29.3 Å². The van der Waals surface area contributed by atoms with Crippen LogP contribution in [0.2, 0.25) is 0 Å². The molecule has 2 aliphatic rings. The topological polar surface area (TPSA) is 44.4 Å². The molecule has 3 rings (SSSR count). The van der Waals surface area contributed by atoms with Gasteiger partial charge in [-0.15, -0.1) is 0 Å². The van der Waals surface area contributed by atoms with E-state index in [2.05, 4.69) is 59.0 Å². The lowest BCUT2D eigenvalue weighted by molar-refractivity contribution is -0.117. The third-order valence-electron chi connectivity index (χ3n) is 7.27. The van der Waals surface area contributed by atoms with Gasteiger partial charge in [0.2, 0.25) is 0 Å². The molecule has 2 fully saturated rings. The van der Waals surface area contributed by atoms with Crippen LogP contribution in [0.4, 0.5) is 0 Å². The van der Waals surface area contributed by atoms with Gasteiger partial charge < -0.3 is 15.5 Å². The Hall–Kier alpha value is -2.14. The highest BCUT2D eigenvalue weighted by Gasteiger charge is 2.32. The van der Waals surface area contributed by atoms with E-state index in [0.29, 0.717) is 31.0 Å². The molecular weight excluding hydrogens is 438 g/mol. The van der Waals surface area contributed by atoms with Crippen molar-refractivity contribution in [3.63, 3.8) is 0 Å². The summed E-state index contributed by atoms with van der Waals surface area (Å²) in [6.45, 7) is 13.0. The van der Waals surface area contributed by atoms with E-state index in [1.807, 2.05) is 19.9 Å². The molecule has 4 nitrogen and oxygen atoms in total. The van der Waals surface area contributed by atoms with Gasteiger partial charge in [0.15, 0.2) is 5.78 Å². The molecule has 2 aliphatic carbocycles. The van der Waals surface area contributed by atoms with Crippen molar-refractivity contribution in [3.8, 4) is 0 Å². The molecule has 0 saturated heterocycles. The third kappa shape index (κ3) is 7.69. The van der Waals surface area contributed by atoms with E-state index in [1.54, 1.807) is 0 Å². The minimum absolute atomic E-state index is 0.206. The number of carbonyl (C=O) groups is 1. The molecular formula is C29H43N3OS. The molecule has 0 radical (unpaired) electrons. The van der Waals surface area contributed by atoms with Crippen LogP contribution in [0.3, 0.4) is 0 Å². The number of ketones is 1. The Kier molecular flexibility index (Phi) is 10.6. The second-order valence-electron chi connectivity index (χ2n) is 9.61. The number of rotatable bonds is 12. The highest BCUT2D eigenvalue weighted by Crippen LogP contribution is 2.38. The van der Waals surface area contributed by atoms with E-state index in [1.165, 1.54) is 75.1 Å². The molecule has 0 spiro atoms. The van der Waals surface area contributed by atoms with Crippen molar-refractivity contribution in [2.24, 2.45) is 0 Å². The van der Waals surface area contributed by atoms with E-state index in [9.17, 15) is 4.79 Å². The Balaban J connectivity index is 1.61. The molecule has 1 aromatic rings. The summed E-state index contributed by atoms with van der Waals surface area (Å²) in [6, 6.07) is 12.1. The summed E-state index contributed by atoms with van der Waals surface area (Å²) in [5, 5.41) is 8.53. The lowest BCUT2D eigenvalue weighted by atomic mass is 9.80. The molecule has 2 N–H and O–H groups in total. The van der Waals surface area contributed by atoms with Crippen molar-refractivity contribution < 1.29 is 4.79 Å². The van der Waals surface area contributed by atoms with E-state index in [0.717, 1.165) is 15.9 Å². The van der Waals surface area contributed by atoms with Crippen molar-refractivity contribution >= 4 is 17.5 Å². The van der Waals surface area contributed by atoms with E-state index in [4.69, 9.17) is 0 Å². The van der Waals surface area contributed by atoms with Crippen LogP contribution in [0, 0.1) is 0 Å². The maximum Gasteiger partial charge on any atom is 0.151 e.